The lowest BCUT2D eigenvalue weighted by Crippen LogP contribution is -2.33. The molecule has 3 rings (SSSR count). The average molecular weight is 423 g/mol. The number of anilines is 1. The van der Waals surface area contributed by atoms with Crippen molar-refractivity contribution in [3.8, 4) is 11.3 Å². The summed E-state index contributed by atoms with van der Waals surface area (Å²) >= 11 is 5.97. The summed E-state index contributed by atoms with van der Waals surface area (Å²) in [5.41, 5.74) is -0.364. The van der Waals surface area contributed by atoms with Crippen molar-refractivity contribution >= 4 is 23.3 Å². The lowest BCUT2D eigenvalue weighted by Gasteiger charge is -2.15. The Morgan fingerprint density at radius 2 is 1.93 bits per heavy atom. The van der Waals surface area contributed by atoms with Gasteiger partial charge in [-0.25, -0.2) is 9.67 Å². The Hall–Kier alpha value is -3.20. The van der Waals surface area contributed by atoms with Crippen LogP contribution in [0.5, 0.6) is 0 Å². The van der Waals surface area contributed by atoms with Crippen LogP contribution >= 0.6 is 11.6 Å². The Kier molecular flexibility index (Phi) is 5.69. The Labute approximate surface area is 168 Å². The van der Waals surface area contributed by atoms with Crippen LogP contribution in [0.1, 0.15) is 18.5 Å². The van der Waals surface area contributed by atoms with Crippen LogP contribution in [0.25, 0.3) is 11.3 Å². The zero-order chi connectivity index (χ0) is 21.2. The highest BCUT2D eigenvalue weighted by molar-refractivity contribution is 6.30. The molecule has 1 aromatic carbocycles. The molecular formula is C19H14ClF3N4O2. The molecule has 0 spiro atoms. The number of hydrogen-bond donors (Lipinski definition) is 1. The summed E-state index contributed by atoms with van der Waals surface area (Å²) in [4.78, 5) is 28.2. The zero-order valence-electron chi connectivity index (χ0n) is 14.9. The number of nitrogens with zero attached hydrogens (tertiary/aromatic N) is 3. The van der Waals surface area contributed by atoms with E-state index in [0.717, 1.165) is 16.8 Å². The minimum Gasteiger partial charge on any atom is -0.309 e. The van der Waals surface area contributed by atoms with Gasteiger partial charge in [0.2, 0.25) is 5.91 Å². The van der Waals surface area contributed by atoms with Crippen LogP contribution in [-0.4, -0.2) is 20.7 Å². The SMILES string of the molecule is CC(C(=O)Nc1ccc(C(F)(F)F)cn1)n1nc(-c2cccc(Cl)c2)ccc1=O. The molecule has 150 valence electrons. The smallest absolute Gasteiger partial charge is 0.309 e. The molecule has 29 heavy (non-hydrogen) atoms. The molecule has 0 aliphatic rings. The van der Waals surface area contributed by atoms with Crippen molar-refractivity contribution in [1.29, 1.82) is 0 Å². The fourth-order valence-corrected chi connectivity index (χ4v) is 2.67. The summed E-state index contributed by atoms with van der Waals surface area (Å²) < 4.78 is 38.8. The quantitative estimate of drug-likeness (QED) is 0.684. The third-order valence-electron chi connectivity index (χ3n) is 4.03. The Morgan fingerprint density at radius 3 is 2.55 bits per heavy atom. The van der Waals surface area contributed by atoms with Gasteiger partial charge in [-0.15, -0.1) is 0 Å². The number of benzene rings is 1. The van der Waals surface area contributed by atoms with E-state index in [-0.39, 0.29) is 5.82 Å². The first kappa shape index (κ1) is 20.5. The maximum atomic E-state index is 12.6. The number of carbonyl (C=O) groups is 1. The molecule has 0 fully saturated rings. The van der Waals surface area contributed by atoms with Gasteiger partial charge < -0.3 is 5.32 Å². The molecule has 1 amide bonds. The predicted molar refractivity (Wildman–Crippen MR) is 102 cm³/mol. The van der Waals surface area contributed by atoms with E-state index in [1.807, 2.05) is 0 Å². The number of pyridine rings is 1. The lowest BCUT2D eigenvalue weighted by molar-refractivity contribution is -0.137. The molecule has 1 N–H and O–H groups in total. The maximum absolute atomic E-state index is 12.6. The summed E-state index contributed by atoms with van der Waals surface area (Å²) in [6.07, 6.45) is -3.91. The topological polar surface area (TPSA) is 76.9 Å². The van der Waals surface area contributed by atoms with Crippen molar-refractivity contribution in [3.63, 3.8) is 0 Å². The Morgan fingerprint density at radius 1 is 1.17 bits per heavy atom. The Bertz CT molecular complexity index is 1100. The molecule has 2 heterocycles. The van der Waals surface area contributed by atoms with Crippen LogP contribution in [0.2, 0.25) is 5.02 Å². The van der Waals surface area contributed by atoms with Gasteiger partial charge in [0.25, 0.3) is 5.56 Å². The van der Waals surface area contributed by atoms with Crippen LogP contribution in [0, 0.1) is 0 Å². The van der Waals surface area contributed by atoms with E-state index in [4.69, 9.17) is 11.6 Å². The third-order valence-corrected chi connectivity index (χ3v) is 4.27. The van der Waals surface area contributed by atoms with Crippen molar-refractivity contribution in [3.05, 3.63) is 75.7 Å². The van der Waals surface area contributed by atoms with Crippen LogP contribution in [0.4, 0.5) is 19.0 Å². The summed E-state index contributed by atoms with van der Waals surface area (Å²) in [5, 5.41) is 7.07. The molecule has 3 aromatic rings. The van der Waals surface area contributed by atoms with E-state index < -0.39 is 29.2 Å². The number of hydrogen-bond acceptors (Lipinski definition) is 4. The largest absolute Gasteiger partial charge is 0.417 e. The molecule has 0 aliphatic heterocycles. The van der Waals surface area contributed by atoms with Gasteiger partial charge in [0, 0.05) is 22.8 Å². The average Bonchev–Trinajstić information content (AvgIpc) is 2.67. The summed E-state index contributed by atoms with van der Waals surface area (Å²) in [5.74, 6) is -0.732. The van der Waals surface area contributed by atoms with Gasteiger partial charge in [0.15, 0.2) is 0 Å². The normalized spacial score (nSPS) is 12.4. The lowest BCUT2D eigenvalue weighted by atomic mass is 10.1. The highest BCUT2D eigenvalue weighted by atomic mass is 35.5. The van der Waals surface area contributed by atoms with Crippen molar-refractivity contribution < 1.29 is 18.0 Å². The standard InChI is InChI=1S/C19H14ClF3N4O2/c1-11(18(29)25-16-7-5-13(10-24-16)19(21,22)23)27-17(28)8-6-15(26-27)12-3-2-4-14(20)9-12/h2-11H,1H3,(H,24,25,29). The first-order chi connectivity index (χ1) is 13.6. The fraction of sp³-hybridized carbons (Fsp3) is 0.158. The van der Waals surface area contributed by atoms with Gasteiger partial charge >= 0.3 is 6.18 Å². The van der Waals surface area contributed by atoms with Gasteiger partial charge in [-0.05, 0) is 37.3 Å². The van der Waals surface area contributed by atoms with Crippen LogP contribution < -0.4 is 10.9 Å². The number of nitrogens with one attached hydrogen (secondary N) is 1. The van der Waals surface area contributed by atoms with E-state index in [1.165, 1.54) is 19.1 Å². The second kappa shape index (κ2) is 8.04. The van der Waals surface area contributed by atoms with E-state index in [1.54, 1.807) is 24.3 Å². The van der Waals surface area contributed by atoms with E-state index >= 15 is 0 Å². The van der Waals surface area contributed by atoms with Crippen LogP contribution in [0.3, 0.4) is 0 Å². The summed E-state index contributed by atoms with van der Waals surface area (Å²) in [6, 6.07) is 10.4. The number of alkyl halides is 3. The van der Waals surface area contributed by atoms with Gasteiger partial charge in [0.1, 0.15) is 11.9 Å². The van der Waals surface area contributed by atoms with Crippen molar-refractivity contribution in [1.82, 2.24) is 14.8 Å². The number of carbonyl (C=O) groups excluding carboxylic acids is 1. The van der Waals surface area contributed by atoms with Crippen LogP contribution in [0.15, 0.2) is 59.5 Å². The molecule has 2 aromatic heterocycles. The third kappa shape index (κ3) is 4.80. The molecule has 6 nitrogen and oxygen atoms in total. The molecule has 0 aliphatic carbocycles. The molecule has 0 radical (unpaired) electrons. The minimum absolute atomic E-state index is 0.0751. The minimum atomic E-state index is -4.53. The van der Waals surface area contributed by atoms with Gasteiger partial charge in [-0.1, -0.05) is 23.7 Å². The van der Waals surface area contributed by atoms with Crippen molar-refractivity contribution in [2.24, 2.45) is 0 Å². The predicted octanol–water partition coefficient (Wildman–Crippen LogP) is 4.18. The first-order valence-corrected chi connectivity index (χ1v) is 8.73. The number of halogens is 4. The van der Waals surface area contributed by atoms with Crippen molar-refractivity contribution in [2.45, 2.75) is 19.1 Å². The van der Waals surface area contributed by atoms with Gasteiger partial charge in [0.05, 0.1) is 11.3 Å². The summed E-state index contributed by atoms with van der Waals surface area (Å²) in [7, 11) is 0. The number of rotatable bonds is 4. The van der Waals surface area contributed by atoms with Gasteiger partial charge in [-0.3, -0.25) is 9.59 Å². The number of amides is 1. The monoisotopic (exact) mass is 422 g/mol. The molecule has 1 atom stereocenters. The highest BCUT2D eigenvalue weighted by Crippen LogP contribution is 2.29. The van der Waals surface area contributed by atoms with E-state index in [0.29, 0.717) is 22.5 Å². The summed E-state index contributed by atoms with van der Waals surface area (Å²) in [6.45, 7) is 1.44. The van der Waals surface area contributed by atoms with Gasteiger partial charge in [-0.2, -0.15) is 18.3 Å². The second-order valence-corrected chi connectivity index (χ2v) is 6.54. The molecule has 0 saturated heterocycles. The Balaban J connectivity index is 1.82. The molecule has 1 unspecified atom stereocenters. The highest BCUT2D eigenvalue weighted by Gasteiger charge is 2.30. The van der Waals surface area contributed by atoms with E-state index in [9.17, 15) is 22.8 Å². The molecule has 10 heteroatoms. The molecular weight excluding hydrogens is 409 g/mol. The maximum Gasteiger partial charge on any atom is 0.417 e. The van der Waals surface area contributed by atoms with Crippen LogP contribution in [-0.2, 0) is 11.0 Å². The van der Waals surface area contributed by atoms with E-state index in [2.05, 4.69) is 15.4 Å². The van der Waals surface area contributed by atoms with Crippen molar-refractivity contribution in [2.75, 3.05) is 5.32 Å². The zero-order valence-corrected chi connectivity index (χ0v) is 15.7. The molecule has 0 bridgehead atoms. The molecule has 0 saturated carbocycles. The number of aromatic nitrogens is 3. The fourth-order valence-electron chi connectivity index (χ4n) is 2.48. The second-order valence-electron chi connectivity index (χ2n) is 6.11. The first-order valence-electron chi connectivity index (χ1n) is 8.35.